The van der Waals surface area contributed by atoms with E-state index in [1.165, 1.54) is 0 Å². The summed E-state index contributed by atoms with van der Waals surface area (Å²) in [5, 5.41) is 7.03. The Kier molecular flexibility index (Phi) is 6.08. The topological polar surface area (TPSA) is 92.5 Å². The molecular formula is C23H25N3O4S. The maximum atomic E-state index is 12.6. The molecule has 0 radical (unpaired) electrons. The fourth-order valence-electron chi connectivity index (χ4n) is 3.70. The van der Waals surface area contributed by atoms with Crippen LogP contribution in [-0.4, -0.2) is 44.4 Å². The number of aromatic nitrogens is 1. The van der Waals surface area contributed by atoms with Gasteiger partial charge in [-0.15, -0.1) is 0 Å². The molecule has 0 unspecified atom stereocenters. The van der Waals surface area contributed by atoms with Gasteiger partial charge < -0.3 is 14.7 Å². The number of nitrogens with zero attached hydrogens (tertiary/aromatic N) is 2. The Labute approximate surface area is 182 Å². The van der Waals surface area contributed by atoms with Crippen molar-refractivity contribution in [2.75, 3.05) is 23.7 Å². The molecule has 1 saturated heterocycles. The van der Waals surface area contributed by atoms with Crippen LogP contribution >= 0.6 is 0 Å². The van der Waals surface area contributed by atoms with Crippen LogP contribution in [0.5, 0.6) is 0 Å². The van der Waals surface area contributed by atoms with E-state index in [1.807, 2.05) is 42.5 Å². The van der Waals surface area contributed by atoms with Crippen LogP contribution in [-0.2, 0) is 9.84 Å². The van der Waals surface area contributed by atoms with Gasteiger partial charge in [-0.25, -0.2) is 8.42 Å². The summed E-state index contributed by atoms with van der Waals surface area (Å²) in [7, 11) is -3.19. The average molecular weight is 440 g/mol. The van der Waals surface area contributed by atoms with Crippen LogP contribution in [0.3, 0.4) is 0 Å². The first kappa shape index (κ1) is 21.1. The Morgan fingerprint density at radius 3 is 2.42 bits per heavy atom. The van der Waals surface area contributed by atoms with E-state index in [2.05, 4.69) is 15.4 Å². The van der Waals surface area contributed by atoms with Gasteiger partial charge in [-0.2, -0.15) is 0 Å². The second-order valence-corrected chi connectivity index (χ2v) is 9.85. The number of hydrogen-bond acceptors (Lipinski definition) is 6. The third-order valence-corrected chi connectivity index (χ3v) is 7.33. The van der Waals surface area contributed by atoms with Gasteiger partial charge in [-0.05, 0) is 37.1 Å². The molecule has 1 aliphatic rings. The van der Waals surface area contributed by atoms with Crippen LogP contribution in [0.15, 0.2) is 70.1 Å². The largest absolute Gasteiger partial charge is 0.371 e. The van der Waals surface area contributed by atoms with Gasteiger partial charge in [0.1, 0.15) is 5.69 Å². The monoisotopic (exact) mass is 439 g/mol. The van der Waals surface area contributed by atoms with Crippen molar-refractivity contribution in [2.24, 2.45) is 0 Å². The molecule has 4 rings (SSSR count). The molecule has 1 fully saturated rings. The smallest absolute Gasteiger partial charge is 0.290 e. The molecule has 1 aliphatic heterocycles. The molecule has 2 aromatic carbocycles. The minimum Gasteiger partial charge on any atom is -0.371 e. The van der Waals surface area contributed by atoms with Crippen molar-refractivity contribution < 1.29 is 17.7 Å². The van der Waals surface area contributed by atoms with Crippen LogP contribution in [0.2, 0.25) is 0 Å². The summed E-state index contributed by atoms with van der Waals surface area (Å²) in [4.78, 5) is 15.1. The first-order valence-corrected chi connectivity index (χ1v) is 12.0. The minimum absolute atomic E-state index is 0.0498. The number of hydrogen-bond donors (Lipinski definition) is 1. The fraction of sp³-hybridized carbons (Fsp3) is 0.304. The number of benzene rings is 2. The number of anilines is 1. The van der Waals surface area contributed by atoms with Crippen LogP contribution < -0.4 is 10.2 Å². The lowest BCUT2D eigenvalue weighted by atomic mass is 10.0. The summed E-state index contributed by atoms with van der Waals surface area (Å²) in [5.74, 6) is 0.0337. The summed E-state index contributed by atoms with van der Waals surface area (Å²) in [6, 6.07) is 18.3. The number of carbonyl (C=O) groups excluding carboxylic acids is 1. The Morgan fingerprint density at radius 2 is 1.77 bits per heavy atom. The van der Waals surface area contributed by atoms with Gasteiger partial charge >= 0.3 is 0 Å². The zero-order chi connectivity index (χ0) is 21.8. The highest BCUT2D eigenvalue weighted by Gasteiger charge is 2.23. The molecular weight excluding hydrogens is 414 g/mol. The number of amides is 1. The molecule has 0 aliphatic carbocycles. The summed E-state index contributed by atoms with van der Waals surface area (Å²) < 4.78 is 29.2. The molecule has 3 aromatic rings. The van der Waals surface area contributed by atoms with Crippen molar-refractivity contribution >= 4 is 21.4 Å². The molecule has 2 heterocycles. The number of nitrogens with one attached hydrogen (secondary N) is 1. The van der Waals surface area contributed by atoms with Gasteiger partial charge in [0.05, 0.1) is 10.6 Å². The lowest BCUT2D eigenvalue weighted by Crippen LogP contribution is -2.44. The summed E-state index contributed by atoms with van der Waals surface area (Å²) in [6.45, 7) is 3.19. The second-order valence-electron chi connectivity index (χ2n) is 7.57. The van der Waals surface area contributed by atoms with Crippen LogP contribution in [0.4, 0.5) is 5.69 Å². The molecule has 1 N–H and O–H groups in total. The van der Waals surface area contributed by atoms with Crippen molar-refractivity contribution in [1.82, 2.24) is 10.5 Å². The van der Waals surface area contributed by atoms with Crippen LogP contribution in [0.1, 0.15) is 30.3 Å². The molecule has 0 bridgehead atoms. The van der Waals surface area contributed by atoms with Gasteiger partial charge in [0, 0.05) is 36.4 Å². The Bertz CT molecular complexity index is 1130. The van der Waals surface area contributed by atoms with Crippen molar-refractivity contribution in [1.29, 1.82) is 0 Å². The summed E-state index contributed by atoms with van der Waals surface area (Å²) in [5.41, 5.74) is 2.52. The lowest BCUT2D eigenvalue weighted by molar-refractivity contribution is 0.0894. The maximum absolute atomic E-state index is 12.6. The minimum atomic E-state index is -3.19. The van der Waals surface area contributed by atoms with Gasteiger partial charge in [0.15, 0.2) is 9.84 Å². The van der Waals surface area contributed by atoms with Gasteiger partial charge in [0.25, 0.3) is 5.91 Å². The molecule has 162 valence electrons. The molecule has 31 heavy (non-hydrogen) atoms. The Hall–Kier alpha value is -3.13. The molecule has 0 spiro atoms. The first-order valence-electron chi connectivity index (χ1n) is 10.4. The normalized spacial score (nSPS) is 15.1. The third-order valence-electron chi connectivity index (χ3n) is 5.57. The van der Waals surface area contributed by atoms with E-state index in [0.717, 1.165) is 37.2 Å². The maximum Gasteiger partial charge on any atom is 0.290 e. The average Bonchev–Trinajstić information content (AvgIpc) is 3.31. The highest BCUT2D eigenvalue weighted by Crippen LogP contribution is 2.23. The molecule has 0 saturated carbocycles. The van der Waals surface area contributed by atoms with Crippen molar-refractivity contribution in [3.8, 4) is 11.3 Å². The molecule has 0 atom stereocenters. The predicted octanol–water partition coefficient (Wildman–Crippen LogP) is 3.53. The fourth-order valence-corrected chi connectivity index (χ4v) is 4.58. The zero-order valence-corrected chi connectivity index (χ0v) is 18.1. The van der Waals surface area contributed by atoms with Crippen molar-refractivity contribution in [3.05, 3.63) is 66.4 Å². The number of rotatable bonds is 6. The van der Waals surface area contributed by atoms with Gasteiger partial charge in [-0.1, -0.05) is 42.4 Å². The van der Waals surface area contributed by atoms with E-state index in [-0.39, 0.29) is 23.5 Å². The van der Waals surface area contributed by atoms with Crippen LogP contribution in [0.25, 0.3) is 11.3 Å². The lowest BCUT2D eigenvalue weighted by Gasteiger charge is -2.33. The molecule has 7 nitrogen and oxygen atoms in total. The Balaban J connectivity index is 1.32. The van der Waals surface area contributed by atoms with Crippen molar-refractivity contribution in [2.45, 2.75) is 30.7 Å². The summed E-state index contributed by atoms with van der Waals surface area (Å²) >= 11 is 0. The number of carbonyl (C=O) groups is 1. The third kappa shape index (κ3) is 4.80. The zero-order valence-electron chi connectivity index (χ0n) is 17.3. The van der Waals surface area contributed by atoms with Gasteiger partial charge in [0.2, 0.25) is 5.76 Å². The summed E-state index contributed by atoms with van der Waals surface area (Å²) in [6.07, 6.45) is 1.58. The van der Waals surface area contributed by atoms with E-state index >= 15 is 0 Å². The molecule has 1 amide bonds. The first-order chi connectivity index (χ1) is 15.0. The molecule has 8 heteroatoms. The quantitative estimate of drug-likeness (QED) is 0.632. The van der Waals surface area contributed by atoms with E-state index in [9.17, 15) is 13.2 Å². The Morgan fingerprint density at radius 1 is 1.10 bits per heavy atom. The van der Waals surface area contributed by atoms with Crippen molar-refractivity contribution in [3.63, 3.8) is 0 Å². The van der Waals surface area contributed by atoms with Crippen LogP contribution in [0, 0.1) is 0 Å². The highest BCUT2D eigenvalue weighted by molar-refractivity contribution is 7.91. The SMILES string of the molecule is CCS(=O)(=O)c1ccc(N2CCC(NC(=O)c3cc(-c4ccccc4)no3)CC2)cc1. The highest BCUT2D eigenvalue weighted by atomic mass is 32.2. The second kappa shape index (κ2) is 8.93. The van der Waals surface area contributed by atoms with E-state index in [0.29, 0.717) is 10.6 Å². The van der Waals surface area contributed by atoms with E-state index in [4.69, 9.17) is 4.52 Å². The predicted molar refractivity (Wildman–Crippen MR) is 119 cm³/mol. The molecule has 1 aromatic heterocycles. The van der Waals surface area contributed by atoms with Gasteiger partial charge in [-0.3, -0.25) is 4.79 Å². The standard InChI is InChI=1S/C23H25N3O4S/c1-2-31(28,29)20-10-8-19(9-11-20)26-14-12-18(13-15-26)24-23(27)22-16-21(25-30-22)17-6-4-3-5-7-17/h3-11,16,18H,2,12-15H2,1H3,(H,24,27). The number of piperidine rings is 1. The van der Waals surface area contributed by atoms with E-state index in [1.54, 1.807) is 25.1 Å². The van der Waals surface area contributed by atoms with E-state index < -0.39 is 9.84 Å². The number of sulfone groups is 1.